The van der Waals surface area contributed by atoms with Gasteiger partial charge >= 0.3 is 0 Å². The van der Waals surface area contributed by atoms with Crippen molar-refractivity contribution in [2.24, 2.45) is 5.92 Å². The normalized spacial score (nSPS) is 15.5. The van der Waals surface area contributed by atoms with Crippen molar-refractivity contribution < 1.29 is 13.2 Å². The summed E-state index contributed by atoms with van der Waals surface area (Å²) in [6.45, 7) is 4.54. The lowest BCUT2D eigenvalue weighted by molar-refractivity contribution is -0.124. The van der Waals surface area contributed by atoms with Crippen molar-refractivity contribution in [3.8, 4) is 0 Å². The first-order valence-corrected chi connectivity index (χ1v) is 9.42. The zero-order chi connectivity index (χ0) is 16.2. The van der Waals surface area contributed by atoms with Crippen LogP contribution in [0.2, 0.25) is 0 Å². The zero-order valence-corrected chi connectivity index (χ0v) is 14.0. The van der Waals surface area contributed by atoms with Crippen LogP contribution in [0.25, 0.3) is 0 Å². The molecule has 0 fully saturated rings. The van der Waals surface area contributed by atoms with Crippen LogP contribution >= 0.6 is 0 Å². The highest BCUT2D eigenvalue weighted by molar-refractivity contribution is 7.92. The number of hydrogen-bond acceptors (Lipinski definition) is 3. The number of amides is 1. The monoisotopic (exact) mass is 324 g/mol. The summed E-state index contributed by atoms with van der Waals surface area (Å²) in [4.78, 5) is 11.8. The van der Waals surface area contributed by atoms with Crippen LogP contribution in [-0.4, -0.2) is 33.2 Å². The van der Waals surface area contributed by atoms with E-state index < -0.39 is 10.0 Å². The molecule has 5 nitrogen and oxygen atoms in total. The smallest absolute Gasteiger partial charge is 0.236 e. The summed E-state index contributed by atoms with van der Waals surface area (Å²) in [5, 5.41) is 2.73. The Labute approximate surface area is 132 Å². The molecule has 1 heterocycles. The van der Waals surface area contributed by atoms with Gasteiger partial charge in [0.25, 0.3) is 0 Å². The lowest BCUT2D eigenvalue weighted by atomic mass is 10.1. The van der Waals surface area contributed by atoms with Gasteiger partial charge in [-0.2, -0.15) is 0 Å². The number of rotatable bonds is 7. The lowest BCUT2D eigenvalue weighted by Gasteiger charge is -2.20. The third-order valence-electron chi connectivity index (χ3n) is 4.01. The van der Waals surface area contributed by atoms with Crippen LogP contribution in [0.1, 0.15) is 32.3 Å². The van der Waals surface area contributed by atoms with Gasteiger partial charge in [-0.15, -0.1) is 0 Å². The van der Waals surface area contributed by atoms with E-state index in [1.807, 2.05) is 38.1 Å². The Hall–Kier alpha value is -1.56. The quantitative estimate of drug-likeness (QED) is 0.833. The second-order valence-electron chi connectivity index (χ2n) is 5.75. The minimum atomic E-state index is -3.39. The van der Waals surface area contributed by atoms with Crippen LogP contribution in [-0.2, 0) is 21.2 Å². The maximum absolute atomic E-state index is 12.4. The summed E-state index contributed by atoms with van der Waals surface area (Å²) < 4.78 is 26.4. The van der Waals surface area contributed by atoms with Gasteiger partial charge in [0.15, 0.2) is 0 Å². The first-order valence-electron chi connectivity index (χ1n) is 7.81. The van der Waals surface area contributed by atoms with E-state index >= 15 is 0 Å². The van der Waals surface area contributed by atoms with E-state index in [2.05, 4.69) is 5.32 Å². The molecule has 2 rings (SSSR count). The van der Waals surface area contributed by atoms with Gasteiger partial charge in [0.1, 0.15) is 0 Å². The Bertz CT molecular complexity index is 628. The average Bonchev–Trinajstić information content (AvgIpc) is 2.92. The Morgan fingerprint density at radius 2 is 2.09 bits per heavy atom. The van der Waals surface area contributed by atoms with Crippen LogP contribution in [0.5, 0.6) is 0 Å². The van der Waals surface area contributed by atoms with Crippen molar-refractivity contribution in [3.63, 3.8) is 0 Å². The molecule has 22 heavy (non-hydrogen) atoms. The molecule has 1 aromatic rings. The number of carbonyl (C=O) groups is 1. The zero-order valence-electron chi connectivity index (χ0n) is 13.2. The highest BCUT2D eigenvalue weighted by atomic mass is 32.2. The molecule has 0 unspecified atom stereocenters. The van der Waals surface area contributed by atoms with Crippen molar-refractivity contribution in [1.29, 1.82) is 0 Å². The maximum atomic E-state index is 12.4. The van der Waals surface area contributed by atoms with E-state index in [1.54, 1.807) is 0 Å². The number of fused-ring (bicyclic) bond motifs is 1. The SMILES string of the molecule is CCC[C@H](C)C(=O)NCCS(=O)(=O)N1CCc2ccccc21. The van der Waals surface area contributed by atoms with Gasteiger partial charge in [0, 0.05) is 19.0 Å². The number of hydrogen-bond donors (Lipinski definition) is 1. The lowest BCUT2D eigenvalue weighted by Crippen LogP contribution is -2.38. The first kappa shape index (κ1) is 16.8. The first-order chi connectivity index (χ1) is 10.5. The number of carbonyl (C=O) groups excluding carboxylic acids is 1. The number of nitrogens with zero attached hydrogens (tertiary/aromatic N) is 1. The number of anilines is 1. The molecule has 1 N–H and O–H groups in total. The summed E-state index contributed by atoms with van der Waals surface area (Å²) >= 11 is 0. The summed E-state index contributed by atoms with van der Waals surface area (Å²) in [7, 11) is -3.39. The van der Waals surface area contributed by atoms with Crippen LogP contribution in [0, 0.1) is 5.92 Å². The second kappa shape index (κ2) is 7.13. The number of para-hydroxylation sites is 1. The van der Waals surface area contributed by atoms with Crippen molar-refractivity contribution in [3.05, 3.63) is 29.8 Å². The topological polar surface area (TPSA) is 66.5 Å². The molecule has 1 aromatic carbocycles. The summed E-state index contributed by atoms with van der Waals surface area (Å²) in [6.07, 6.45) is 2.50. The molecule has 1 atom stereocenters. The van der Waals surface area contributed by atoms with E-state index in [0.29, 0.717) is 6.54 Å². The molecule has 6 heteroatoms. The Morgan fingerprint density at radius 3 is 2.82 bits per heavy atom. The van der Waals surface area contributed by atoms with Gasteiger partial charge in [-0.3, -0.25) is 9.10 Å². The van der Waals surface area contributed by atoms with E-state index in [4.69, 9.17) is 0 Å². The minimum Gasteiger partial charge on any atom is -0.355 e. The van der Waals surface area contributed by atoms with Crippen LogP contribution in [0.4, 0.5) is 5.69 Å². The standard InChI is InChI=1S/C16H24N2O3S/c1-3-6-13(2)16(19)17-10-12-22(20,21)18-11-9-14-7-4-5-8-15(14)18/h4-5,7-8,13H,3,6,9-12H2,1-2H3,(H,17,19)/t13-/m0/s1. The highest BCUT2D eigenvalue weighted by Gasteiger charge is 2.28. The van der Waals surface area contributed by atoms with Gasteiger partial charge in [-0.1, -0.05) is 38.5 Å². The van der Waals surface area contributed by atoms with Crippen LogP contribution < -0.4 is 9.62 Å². The minimum absolute atomic E-state index is 0.0636. The number of benzene rings is 1. The van der Waals surface area contributed by atoms with E-state index in [1.165, 1.54) is 4.31 Å². The fourth-order valence-electron chi connectivity index (χ4n) is 2.75. The predicted octanol–water partition coefficient (Wildman–Crippen LogP) is 1.93. The van der Waals surface area contributed by atoms with E-state index in [-0.39, 0.29) is 24.1 Å². The molecule has 1 aliphatic heterocycles. The van der Waals surface area contributed by atoms with E-state index in [0.717, 1.165) is 30.5 Å². The Kier molecular flexibility index (Phi) is 5.45. The molecular formula is C16H24N2O3S. The third-order valence-corrected chi connectivity index (χ3v) is 5.78. The molecule has 0 radical (unpaired) electrons. The summed E-state index contributed by atoms with van der Waals surface area (Å²) in [5.74, 6) is -0.203. The second-order valence-corrected chi connectivity index (χ2v) is 7.76. The van der Waals surface area contributed by atoms with Gasteiger partial charge in [-0.05, 0) is 24.5 Å². The highest BCUT2D eigenvalue weighted by Crippen LogP contribution is 2.29. The summed E-state index contributed by atoms with van der Waals surface area (Å²) in [6, 6.07) is 7.56. The predicted molar refractivity (Wildman–Crippen MR) is 88.4 cm³/mol. The van der Waals surface area contributed by atoms with Crippen molar-refractivity contribution in [2.75, 3.05) is 23.1 Å². The maximum Gasteiger partial charge on any atom is 0.236 e. The van der Waals surface area contributed by atoms with Gasteiger partial charge in [-0.25, -0.2) is 8.42 Å². The molecule has 1 amide bonds. The van der Waals surface area contributed by atoms with Gasteiger partial charge < -0.3 is 5.32 Å². The molecule has 1 aliphatic rings. The van der Waals surface area contributed by atoms with Crippen LogP contribution in [0.3, 0.4) is 0 Å². The molecule has 0 saturated heterocycles. The van der Waals surface area contributed by atoms with Crippen molar-refractivity contribution in [2.45, 2.75) is 33.1 Å². The molecule has 0 aliphatic carbocycles. The fraction of sp³-hybridized carbons (Fsp3) is 0.562. The number of nitrogens with one attached hydrogen (secondary N) is 1. The molecular weight excluding hydrogens is 300 g/mol. The Balaban J connectivity index is 1.92. The Morgan fingerprint density at radius 1 is 1.36 bits per heavy atom. The molecule has 0 aromatic heterocycles. The molecule has 122 valence electrons. The number of sulfonamides is 1. The van der Waals surface area contributed by atoms with Crippen molar-refractivity contribution >= 4 is 21.6 Å². The van der Waals surface area contributed by atoms with Gasteiger partial charge in [0.2, 0.25) is 15.9 Å². The molecule has 0 saturated carbocycles. The largest absolute Gasteiger partial charge is 0.355 e. The third kappa shape index (κ3) is 3.80. The van der Waals surface area contributed by atoms with Gasteiger partial charge in [0.05, 0.1) is 11.4 Å². The molecule has 0 spiro atoms. The van der Waals surface area contributed by atoms with Crippen molar-refractivity contribution in [1.82, 2.24) is 5.32 Å². The summed E-state index contributed by atoms with van der Waals surface area (Å²) in [5.41, 5.74) is 1.83. The fourth-order valence-corrected chi connectivity index (χ4v) is 4.18. The average molecular weight is 324 g/mol. The molecule has 0 bridgehead atoms. The van der Waals surface area contributed by atoms with E-state index in [9.17, 15) is 13.2 Å². The van der Waals surface area contributed by atoms with Crippen LogP contribution in [0.15, 0.2) is 24.3 Å².